The van der Waals surface area contributed by atoms with Crippen LogP contribution in [0.4, 0.5) is 0 Å². The van der Waals surface area contributed by atoms with Crippen LogP contribution in [0.15, 0.2) is 18.2 Å². The van der Waals surface area contributed by atoms with Gasteiger partial charge in [-0.3, -0.25) is 9.69 Å². The Kier molecular flexibility index (Phi) is 6.54. The number of benzene rings is 1. The minimum absolute atomic E-state index is 0.0903. The van der Waals surface area contributed by atoms with E-state index in [1.54, 1.807) is 6.07 Å². The molecule has 2 rings (SSSR count). The Balaban J connectivity index is 1.91. The lowest BCUT2D eigenvalue weighted by atomic mass is 9.95. The molecule has 122 valence electrons. The van der Waals surface area contributed by atoms with Crippen molar-refractivity contribution in [2.24, 2.45) is 0 Å². The van der Waals surface area contributed by atoms with Crippen LogP contribution in [-0.2, 0) is 11.3 Å². The van der Waals surface area contributed by atoms with E-state index in [4.69, 9.17) is 23.2 Å². The normalized spacial score (nSPS) is 17.5. The maximum atomic E-state index is 12.4. The molecule has 1 amide bonds. The number of carbonyl (C=O) groups is 1. The Bertz CT molecular complexity index is 515. The Morgan fingerprint density at radius 2 is 2.00 bits per heavy atom. The highest BCUT2D eigenvalue weighted by molar-refractivity contribution is 6.42. The van der Waals surface area contributed by atoms with Gasteiger partial charge in [0.2, 0.25) is 5.91 Å². The third kappa shape index (κ3) is 4.61. The van der Waals surface area contributed by atoms with E-state index in [0.717, 1.165) is 18.4 Å². The number of likely N-dealkylation sites (N-methyl/N-ethyl adjacent to an activating group) is 1. The van der Waals surface area contributed by atoms with Gasteiger partial charge < -0.3 is 5.32 Å². The van der Waals surface area contributed by atoms with Gasteiger partial charge in [-0.2, -0.15) is 0 Å². The minimum atomic E-state index is -0.197. The second kappa shape index (κ2) is 8.19. The quantitative estimate of drug-likeness (QED) is 0.866. The van der Waals surface area contributed by atoms with Crippen LogP contribution in [0.1, 0.15) is 44.6 Å². The molecule has 22 heavy (non-hydrogen) atoms. The van der Waals surface area contributed by atoms with E-state index in [-0.39, 0.29) is 11.9 Å². The molecule has 1 atom stereocenters. The number of amides is 1. The van der Waals surface area contributed by atoms with Crippen molar-refractivity contribution >= 4 is 29.1 Å². The molecule has 0 heterocycles. The van der Waals surface area contributed by atoms with Crippen LogP contribution < -0.4 is 5.32 Å². The molecule has 1 aromatic carbocycles. The summed E-state index contributed by atoms with van der Waals surface area (Å²) in [6.45, 7) is 2.52. The lowest BCUT2D eigenvalue weighted by Crippen LogP contribution is -2.47. The van der Waals surface area contributed by atoms with Crippen LogP contribution in [-0.4, -0.2) is 29.9 Å². The fraction of sp³-hybridized carbons (Fsp3) is 0.588. The van der Waals surface area contributed by atoms with Crippen LogP contribution in [0, 0.1) is 0 Å². The topological polar surface area (TPSA) is 32.3 Å². The second-order valence-electron chi connectivity index (χ2n) is 6.15. The zero-order chi connectivity index (χ0) is 16.1. The van der Waals surface area contributed by atoms with E-state index in [1.807, 2.05) is 31.0 Å². The first-order valence-electron chi connectivity index (χ1n) is 7.92. The average molecular weight is 343 g/mol. The predicted molar refractivity (Wildman–Crippen MR) is 92.4 cm³/mol. The molecule has 1 fully saturated rings. The van der Waals surface area contributed by atoms with Crippen molar-refractivity contribution in [1.82, 2.24) is 10.2 Å². The summed E-state index contributed by atoms with van der Waals surface area (Å²) in [6, 6.07) is 5.73. The minimum Gasteiger partial charge on any atom is -0.352 e. The fourth-order valence-corrected chi connectivity index (χ4v) is 3.22. The number of carbonyl (C=O) groups excluding carboxylic acids is 1. The SMILES string of the molecule is CC(C(=O)NC1CCCCC1)N(C)Cc1cccc(Cl)c1Cl. The third-order valence-electron chi connectivity index (χ3n) is 4.44. The molecule has 0 saturated heterocycles. The number of nitrogens with one attached hydrogen (secondary N) is 1. The van der Waals surface area contributed by atoms with E-state index in [0.29, 0.717) is 22.6 Å². The van der Waals surface area contributed by atoms with E-state index in [9.17, 15) is 4.79 Å². The zero-order valence-electron chi connectivity index (χ0n) is 13.2. The molecular formula is C17H24Cl2N2O. The lowest BCUT2D eigenvalue weighted by molar-refractivity contribution is -0.126. The number of halogens is 2. The van der Waals surface area contributed by atoms with Crippen molar-refractivity contribution < 1.29 is 4.79 Å². The fourth-order valence-electron chi connectivity index (χ4n) is 2.85. The number of nitrogens with zero attached hydrogens (tertiary/aromatic N) is 1. The molecule has 3 nitrogen and oxygen atoms in total. The molecule has 0 aromatic heterocycles. The lowest BCUT2D eigenvalue weighted by Gasteiger charge is -2.28. The van der Waals surface area contributed by atoms with Crippen LogP contribution in [0.2, 0.25) is 10.0 Å². The van der Waals surface area contributed by atoms with Gasteiger partial charge >= 0.3 is 0 Å². The van der Waals surface area contributed by atoms with Crippen LogP contribution in [0.3, 0.4) is 0 Å². The maximum Gasteiger partial charge on any atom is 0.237 e. The van der Waals surface area contributed by atoms with Crippen LogP contribution in [0.25, 0.3) is 0 Å². The Hall–Kier alpha value is -0.770. The van der Waals surface area contributed by atoms with Crippen molar-refractivity contribution in [3.05, 3.63) is 33.8 Å². The molecular weight excluding hydrogens is 319 g/mol. The first-order chi connectivity index (χ1) is 10.5. The third-order valence-corrected chi connectivity index (χ3v) is 5.30. The summed E-state index contributed by atoms with van der Waals surface area (Å²) >= 11 is 12.3. The molecule has 1 N–H and O–H groups in total. The monoisotopic (exact) mass is 342 g/mol. The van der Waals surface area contributed by atoms with Gasteiger partial charge in [-0.15, -0.1) is 0 Å². The van der Waals surface area contributed by atoms with Crippen molar-refractivity contribution in [2.75, 3.05) is 7.05 Å². The molecule has 1 aromatic rings. The standard InChI is InChI=1S/C17H24Cl2N2O/c1-12(17(22)20-14-8-4-3-5-9-14)21(2)11-13-7-6-10-15(18)16(13)19/h6-7,10,12,14H,3-5,8-9,11H2,1-2H3,(H,20,22). The maximum absolute atomic E-state index is 12.4. The number of rotatable bonds is 5. The van der Waals surface area contributed by atoms with Crippen molar-refractivity contribution in [1.29, 1.82) is 0 Å². The highest BCUT2D eigenvalue weighted by Gasteiger charge is 2.22. The summed E-state index contributed by atoms with van der Waals surface area (Å²) in [4.78, 5) is 14.4. The van der Waals surface area contributed by atoms with E-state index < -0.39 is 0 Å². The second-order valence-corrected chi connectivity index (χ2v) is 6.93. The number of hydrogen-bond donors (Lipinski definition) is 1. The summed E-state index contributed by atoms with van der Waals surface area (Å²) < 4.78 is 0. The smallest absolute Gasteiger partial charge is 0.237 e. The van der Waals surface area contributed by atoms with Gasteiger partial charge in [-0.25, -0.2) is 0 Å². The van der Waals surface area contributed by atoms with E-state index in [2.05, 4.69) is 5.32 Å². The molecule has 5 heteroatoms. The van der Waals surface area contributed by atoms with Gasteiger partial charge in [0.25, 0.3) is 0 Å². The van der Waals surface area contributed by atoms with E-state index in [1.165, 1.54) is 19.3 Å². The van der Waals surface area contributed by atoms with Gasteiger partial charge in [-0.05, 0) is 38.4 Å². The van der Waals surface area contributed by atoms with Gasteiger partial charge in [-0.1, -0.05) is 54.6 Å². The summed E-state index contributed by atoms with van der Waals surface area (Å²) in [5.74, 6) is 0.0903. The molecule has 0 spiro atoms. The Labute approximate surface area is 143 Å². The summed E-state index contributed by atoms with van der Waals surface area (Å²) in [5.41, 5.74) is 0.939. The summed E-state index contributed by atoms with van der Waals surface area (Å²) in [5, 5.41) is 4.29. The zero-order valence-corrected chi connectivity index (χ0v) is 14.8. The first kappa shape index (κ1) is 17.6. The summed E-state index contributed by atoms with van der Waals surface area (Å²) in [7, 11) is 1.93. The predicted octanol–water partition coefficient (Wildman–Crippen LogP) is 4.26. The highest BCUT2D eigenvalue weighted by atomic mass is 35.5. The first-order valence-corrected chi connectivity index (χ1v) is 8.68. The molecule has 1 unspecified atom stereocenters. The Morgan fingerprint density at radius 1 is 1.32 bits per heavy atom. The van der Waals surface area contributed by atoms with Gasteiger partial charge in [0, 0.05) is 12.6 Å². The highest BCUT2D eigenvalue weighted by Crippen LogP contribution is 2.26. The largest absolute Gasteiger partial charge is 0.352 e. The van der Waals surface area contributed by atoms with Crippen molar-refractivity contribution in [3.63, 3.8) is 0 Å². The number of hydrogen-bond acceptors (Lipinski definition) is 2. The van der Waals surface area contributed by atoms with Crippen molar-refractivity contribution in [3.8, 4) is 0 Å². The van der Waals surface area contributed by atoms with Gasteiger partial charge in [0.1, 0.15) is 0 Å². The molecule has 0 radical (unpaired) electrons. The van der Waals surface area contributed by atoms with Gasteiger partial charge in [0.05, 0.1) is 16.1 Å². The van der Waals surface area contributed by atoms with E-state index >= 15 is 0 Å². The molecule has 1 aliphatic rings. The molecule has 0 aliphatic heterocycles. The average Bonchev–Trinajstić information content (AvgIpc) is 2.52. The van der Waals surface area contributed by atoms with Crippen molar-refractivity contribution in [2.45, 2.75) is 57.7 Å². The Morgan fingerprint density at radius 3 is 2.68 bits per heavy atom. The molecule has 0 bridgehead atoms. The van der Waals surface area contributed by atoms with Crippen LogP contribution >= 0.6 is 23.2 Å². The van der Waals surface area contributed by atoms with Crippen LogP contribution in [0.5, 0.6) is 0 Å². The molecule has 1 saturated carbocycles. The summed E-state index contributed by atoms with van der Waals surface area (Å²) in [6.07, 6.45) is 5.92. The van der Waals surface area contributed by atoms with Gasteiger partial charge in [0.15, 0.2) is 0 Å². The molecule has 1 aliphatic carbocycles.